The number of hydrogen-bond donors (Lipinski definition) is 0. The summed E-state index contributed by atoms with van der Waals surface area (Å²) in [5.41, 5.74) is 1.66. The lowest BCUT2D eigenvalue weighted by Crippen LogP contribution is -2.00. The number of carbonyl (C=O) groups excluding carboxylic acids is 1. The molecular formula is C16H15BrO2. The fourth-order valence-electron chi connectivity index (χ4n) is 1.78. The highest BCUT2D eigenvalue weighted by molar-refractivity contribution is 9.10. The second kappa shape index (κ2) is 6.02. The second-order valence-electron chi connectivity index (χ2n) is 4.28. The minimum absolute atomic E-state index is 0.0863. The second-order valence-corrected chi connectivity index (χ2v) is 5.20. The van der Waals surface area contributed by atoms with Crippen molar-refractivity contribution in [3.63, 3.8) is 0 Å². The summed E-state index contributed by atoms with van der Waals surface area (Å²) >= 11 is 3.42. The first-order chi connectivity index (χ1) is 9.11. The molecule has 2 rings (SSSR count). The predicted molar refractivity (Wildman–Crippen MR) is 80.0 cm³/mol. The summed E-state index contributed by atoms with van der Waals surface area (Å²) in [5, 5.41) is 0. The number of ether oxygens (including phenoxy) is 1. The Morgan fingerprint density at radius 1 is 1.16 bits per heavy atom. The first-order valence-electron chi connectivity index (χ1n) is 6.18. The van der Waals surface area contributed by atoms with E-state index < -0.39 is 0 Å². The molecule has 0 N–H and O–H groups in total. The summed E-state index contributed by atoms with van der Waals surface area (Å²) in [6.45, 7) is 3.83. The Labute approximate surface area is 121 Å². The summed E-state index contributed by atoms with van der Waals surface area (Å²) in [5.74, 6) is 1.45. The number of halogens is 1. The highest BCUT2D eigenvalue weighted by atomic mass is 79.9. The number of para-hydroxylation sites is 1. The average molecular weight is 319 g/mol. The molecule has 19 heavy (non-hydrogen) atoms. The molecule has 0 bridgehead atoms. The zero-order valence-electron chi connectivity index (χ0n) is 10.9. The summed E-state index contributed by atoms with van der Waals surface area (Å²) < 4.78 is 6.84. The number of hydrogen-bond acceptors (Lipinski definition) is 2. The fourth-order valence-corrected chi connectivity index (χ4v) is 2.12. The molecule has 0 saturated heterocycles. The Morgan fingerprint density at radius 2 is 1.89 bits per heavy atom. The van der Waals surface area contributed by atoms with Crippen LogP contribution < -0.4 is 4.74 Å². The standard InChI is InChI=1S/C16H15BrO2/c1-3-14(18)13-6-4-5-7-15(13)19-16-10-12(17)9-8-11(16)2/h4-10H,3H2,1-2H3. The van der Waals surface area contributed by atoms with Gasteiger partial charge < -0.3 is 4.74 Å². The summed E-state index contributed by atoms with van der Waals surface area (Å²) in [4.78, 5) is 11.9. The molecule has 2 nitrogen and oxygen atoms in total. The SMILES string of the molecule is CCC(=O)c1ccccc1Oc1cc(Br)ccc1C. The van der Waals surface area contributed by atoms with Crippen molar-refractivity contribution in [2.75, 3.05) is 0 Å². The lowest BCUT2D eigenvalue weighted by Gasteiger charge is -2.12. The van der Waals surface area contributed by atoms with Crippen LogP contribution in [0.2, 0.25) is 0 Å². The van der Waals surface area contributed by atoms with Gasteiger partial charge in [0, 0.05) is 10.9 Å². The smallest absolute Gasteiger partial charge is 0.166 e. The number of benzene rings is 2. The molecule has 0 fully saturated rings. The van der Waals surface area contributed by atoms with E-state index in [0.29, 0.717) is 17.7 Å². The van der Waals surface area contributed by atoms with Gasteiger partial charge in [-0.15, -0.1) is 0 Å². The number of carbonyl (C=O) groups is 1. The number of ketones is 1. The Balaban J connectivity index is 2.38. The summed E-state index contributed by atoms with van der Waals surface area (Å²) in [7, 11) is 0. The van der Waals surface area contributed by atoms with Crippen molar-refractivity contribution in [3.8, 4) is 11.5 Å². The van der Waals surface area contributed by atoms with Gasteiger partial charge in [-0.05, 0) is 36.8 Å². The molecule has 0 aromatic heterocycles. The molecule has 0 aliphatic carbocycles. The third-order valence-corrected chi connectivity index (χ3v) is 3.37. The van der Waals surface area contributed by atoms with Crippen LogP contribution in [0.1, 0.15) is 29.3 Å². The number of Topliss-reactive ketones (excluding diaryl/α,β-unsaturated/α-hetero) is 1. The van der Waals surface area contributed by atoms with Crippen LogP contribution in [0.15, 0.2) is 46.9 Å². The van der Waals surface area contributed by atoms with Gasteiger partial charge in [0.25, 0.3) is 0 Å². The minimum atomic E-state index is 0.0863. The van der Waals surface area contributed by atoms with Crippen LogP contribution in [-0.2, 0) is 0 Å². The van der Waals surface area contributed by atoms with Crippen molar-refractivity contribution < 1.29 is 9.53 Å². The van der Waals surface area contributed by atoms with E-state index in [2.05, 4.69) is 15.9 Å². The van der Waals surface area contributed by atoms with Crippen molar-refractivity contribution in [1.82, 2.24) is 0 Å². The third-order valence-electron chi connectivity index (χ3n) is 2.88. The van der Waals surface area contributed by atoms with Gasteiger partial charge in [0.15, 0.2) is 5.78 Å². The van der Waals surface area contributed by atoms with Gasteiger partial charge in [0.2, 0.25) is 0 Å². The Hall–Kier alpha value is -1.61. The predicted octanol–water partition coefficient (Wildman–Crippen LogP) is 5.14. The molecule has 0 aliphatic heterocycles. The average Bonchev–Trinajstić information content (AvgIpc) is 2.42. The first-order valence-corrected chi connectivity index (χ1v) is 6.97. The van der Waals surface area contributed by atoms with Gasteiger partial charge in [-0.2, -0.15) is 0 Å². The molecule has 0 radical (unpaired) electrons. The van der Waals surface area contributed by atoms with Crippen molar-refractivity contribution in [3.05, 3.63) is 58.1 Å². The monoisotopic (exact) mass is 318 g/mol. The molecule has 0 unspecified atom stereocenters. The van der Waals surface area contributed by atoms with Crippen LogP contribution in [-0.4, -0.2) is 5.78 Å². The van der Waals surface area contributed by atoms with Crippen molar-refractivity contribution >= 4 is 21.7 Å². The lowest BCUT2D eigenvalue weighted by molar-refractivity contribution is 0.0986. The van der Waals surface area contributed by atoms with Crippen molar-refractivity contribution in [2.24, 2.45) is 0 Å². The Morgan fingerprint density at radius 3 is 2.63 bits per heavy atom. The molecule has 2 aromatic carbocycles. The zero-order chi connectivity index (χ0) is 13.8. The quantitative estimate of drug-likeness (QED) is 0.729. The molecule has 0 spiro atoms. The minimum Gasteiger partial charge on any atom is -0.456 e. The van der Waals surface area contributed by atoms with Crippen LogP contribution in [0.4, 0.5) is 0 Å². The first kappa shape index (κ1) is 13.8. The molecule has 0 aliphatic rings. The number of rotatable bonds is 4. The Bertz CT molecular complexity index is 605. The highest BCUT2D eigenvalue weighted by Gasteiger charge is 2.11. The van der Waals surface area contributed by atoms with Crippen LogP contribution in [0.5, 0.6) is 11.5 Å². The molecule has 98 valence electrons. The molecule has 0 amide bonds. The van der Waals surface area contributed by atoms with E-state index in [-0.39, 0.29) is 5.78 Å². The molecule has 0 atom stereocenters. The molecule has 2 aromatic rings. The van der Waals surface area contributed by atoms with Crippen LogP contribution in [0, 0.1) is 6.92 Å². The van der Waals surface area contributed by atoms with E-state index in [0.717, 1.165) is 15.8 Å². The van der Waals surface area contributed by atoms with E-state index in [4.69, 9.17) is 4.74 Å². The molecule has 0 saturated carbocycles. The van der Waals surface area contributed by atoms with E-state index in [1.165, 1.54) is 0 Å². The molecule has 0 heterocycles. The maximum absolute atomic E-state index is 11.9. The van der Waals surface area contributed by atoms with Gasteiger partial charge >= 0.3 is 0 Å². The van der Waals surface area contributed by atoms with E-state index >= 15 is 0 Å². The van der Waals surface area contributed by atoms with Gasteiger partial charge in [0.05, 0.1) is 5.56 Å². The maximum Gasteiger partial charge on any atom is 0.166 e. The van der Waals surface area contributed by atoms with Crippen molar-refractivity contribution in [1.29, 1.82) is 0 Å². The Kier molecular flexibility index (Phi) is 4.38. The fraction of sp³-hybridized carbons (Fsp3) is 0.188. The van der Waals surface area contributed by atoms with E-state index in [9.17, 15) is 4.79 Å². The summed E-state index contributed by atoms with van der Waals surface area (Å²) in [6, 6.07) is 13.2. The lowest BCUT2D eigenvalue weighted by atomic mass is 10.1. The zero-order valence-corrected chi connectivity index (χ0v) is 12.5. The highest BCUT2D eigenvalue weighted by Crippen LogP contribution is 2.30. The number of aryl methyl sites for hydroxylation is 1. The topological polar surface area (TPSA) is 26.3 Å². The van der Waals surface area contributed by atoms with E-state index in [1.54, 1.807) is 6.07 Å². The van der Waals surface area contributed by atoms with Gasteiger partial charge in [-0.1, -0.05) is 41.1 Å². The van der Waals surface area contributed by atoms with E-state index in [1.807, 2.05) is 50.2 Å². The maximum atomic E-state index is 11.9. The van der Waals surface area contributed by atoms with Gasteiger partial charge in [0.1, 0.15) is 11.5 Å². The van der Waals surface area contributed by atoms with Crippen LogP contribution >= 0.6 is 15.9 Å². The molecular weight excluding hydrogens is 304 g/mol. The molecule has 3 heteroatoms. The third kappa shape index (κ3) is 3.24. The van der Waals surface area contributed by atoms with Crippen molar-refractivity contribution in [2.45, 2.75) is 20.3 Å². The summed E-state index contributed by atoms with van der Waals surface area (Å²) in [6.07, 6.45) is 0.470. The largest absolute Gasteiger partial charge is 0.456 e. The van der Waals surface area contributed by atoms with Gasteiger partial charge in [-0.25, -0.2) is 0 Å². The normalized spacial score (nSPS) is 10.3. The van der Waals surface area contributed by atoms with Crippen LogP contribution in [0.25, 0.3) is 0 Å². The van der Waals surface area contributed by atoms with Gasteiger partial charge in [-0.3, -0.25) is 4.79 Å². The van der Waals surface area contributed by atoms with Crippen LogP contribution in [0.3, 0.4) is 0 Å².